The van der Waals surface area contributed by atoms with E-state index in [0.29, 0.717) is 11.5 Å². The molecule has 1 saturated carbocycles. The monoisotopic (exact) mass is 280 g/mol. The van der Waals surface area contributed by atoms with Crippen molar-refractivity contribution in [2.75, 3.05) is 0 Å². The van der Waals surface area contributed by atoms with Crippen LogP contribution >= 0.6 is 0 Å². The van der Waals surface area contributed by atoms with Gasteiger partial charge in [-0.1, -0.05) is 24.3 Å². The van der Waals surface area contributed by atoms with E-state index in [1.807, 2.05) is 25.2 Å². The fourth-order valence-electron chi connectivity index (χ4n) is 2.79. The van der Waals surface area contributed by atoms with Gasteiger partial charge in [-0.3, -0.25) is 0 Å². The number of hydrogen-bond donors (Lipinski definition) is 0. The lowest BCUT2D eigenvalue weighted by molar-refractivity contribution is 0.371. The maximum absolute atomic E-state index is 13.2. The summed E-state index contributed by atoms with van der Waals surface area (Å²) < 4.78 is 39.4. The third-order valence-electron chi connectivity index (χ3n) is 3.94. The predicted octanol–water partition coefficient (Wildman–Crippen LogP) is 5.51. The summed E-state index contributed by atoms with van der Waals surface area (Å²) in [6.07, 6.45) is 12.0. The van der Waals surface area contributed by atoms with Crippen LogP contribution < -0.4 is 0 Å². The van der Waals surface area contributed by atoms with Crippen LogP contribution in [-0.2, 0) is 0 Å². The summed E-state index contributed by atoms with van der Waals surface area (Å²) in [6.45, 7) is 1.97. The molecule has 0 saturated heterocycles. The molecule has 0 heterocycles. The van der Waals surface area contributed by atoms with Crippen molar-refractivity contribution in [1.82, 2.24) is 0 Å². The van der Waals surface area contributed by atoms with Crippen molar-refractivity contribution in [3.63, 3.8) is 0 Å². The number of allylic oxidation sites excluding steroid dienone is 4. The molecule has 0 unspecified atom stereocenters. The number of benzene rings is 1. The Bertz CT molecular complexity index is 486. The third kappa shape index (κ3) is 3.53. The van der Waals surface area contributed by atoms with Crippen molar-refractivity contribution in [2.45, 2.75) is 38.5 Å². The quantitative estimate of drug-likeness (QED) is 0.506. The fourth-order valence-corrected chi connectivity index (χ4v) is 2.79. The van der Waals surface area contributed by atoms with Crippen molar-refractivity contribution >= 4 is 0 Å². The fraction of sp³-hybridized carbons (Fsp3) is 0.412. The van der Waals surface area contributed by atoms with Gasteiger partial charge >= 0.3 is 0 Å². The van der Waals surface area contributed by atoms with Gasteiger partial charge in [-0.15, -0.1) is 0 Å². The highest BCUT2D eigenvalue weighted by atomic mass is 19.2. The minimum absolute atomic E-state index is 0.131. The minimum Gasteiger partial charge on any atom is -0.204 e. The van der Waals surface area contributed by atoms with Gasteiger partial charge < -0.3 is 0 Å². The second-order valence-corrected chi connectivity index (χ2v) is 5.32. The van der Waals surface area contributed by atoms with E-state index in [1.54, 1.807) is 0 Å². The summed E-state index contributed by atoms with van der Waals surface area (Å²) in [5.41, 5.74) is 0.581. The van der Waals surface area contributed by atoms with E-state index in [1.165, 1.54) is 0 Å². The van der Waals surface area contributed by atoms with Gasteiger partial charge in [-0.25, -0.2) is 13.2 Å². The molecule has 1 fully saturated rings. The first-order chi connectivity index (χ1) is 9.61. The van der Waals surface area contributed by atoms with Crippen LogP contribution in [0, 0.1) is 23.4 Å². The Morgan fingerprint density at radius 1 is 0.950 bits per heavy atom. The zero-order valence-corrected chi connectivity index (χ0v) is 11.6. The summed E-state index contributed by atoms with van der Waals surface area (Å²) in [6, 6.07) is 2.28. The van der Waals surface area contributed by atoms with E-state index < -0.39 is 17.5 Å². The summed E-state index contributed by atoms with van der Waals surface area (Å²) in [4.78, 5) is 0. The first-order valence-corrected chi connectivity index (χ1v) is 7.05. The Balaban J connectivity index is 2.00. The second-order valence-electron chi connectivity index (χ2n) is 5.32. The zero-order chi connectivity index (χ0) is 14.5. The van der Waals surface area contributed by atoms with Gasteiger partial charge in [0, 0.05) is 0 Å². The van der Waals surface area contributed by atoms with Gasteiger partial charge in [0.2, 0.25) is 0 Å². The van der Waals surface area contributed by atoms with Crippen LogP contribution in [0.4, 0.5) is 13.2 Å². The molecule has 20 heavy (non-hydrogen) atoms. The molecular weight excluding hydrogens is 261 g/mol. The highest BCUT2D eigenvalue weighted by molar-refractivity contribution is 5.24. The summed E-state index contributed by atoms with van der Waals surface area (Å²) in [5, 5.41) is 0. The number of hydrogen-bond acceptors (Lipinski definition) is 0. The van der Waals surface area contributed by atoms with Gasteiger partial charge in [-0.05, 0) is 62.1 Å². The first kappa shape index (κ1) is 14.9. The molecule has 1 aliphatic carbocycles. The van der Waals surface area contributed by atoms with E-state index in [0.717, 1.165) is 37.8 Å². The Labute approximate surface area is 118 Å². The molecule has 0 nitrogen and oxygen atoms in total. The van der Waals surface area contributed by atoms with E-state index in [-0.39, 0.29) is 5.92 Å². The Morgan fingerprint density at radius 3 is 2.10 bits per heavy atom. The summed E-state index contributed by atoms with van der Waals surface area (Å²) in [7, 11) is 0. The molecule has 108 valence electrons. The van der Waals surface area contributed by atoms with Crippen molar-refractivity contribution in [1.29, 1.82) is 0 Å². The van der Waals surface area contributed by atoms with Crippen LogP contribution in [0.1, 0.15) is 44.1 Å². The van der Waals surface area contributed by atoms with Gasteiger partial charge in [0.15, 0.2) is 17.5 Å². The van der Waals surface area contributed by atoms with Crippen molar-refractivity contribution in [3.8, 4) is 0 Å². The van der Waals surface area contributed by atoms with E-state index >= 15 is 0 Å². The molecule has 0 atom stereocenters. The topological polar surface area (TPSA) is 0 Å². The average Bonchev–Trinajstić information content (AvgIpc) is 2.45. The van der Waals surface area contributed by atoms with Gasteiger partial charge in [-0.2, -0.15) is 0 Å². The molecule has 0 amide bonds. The summed E-state index contributed by atoms with van der Waals surface area (Å²) >= 11 is 0. The van der Waals surface area contributed by atoms with Crippen LogP contribution in [0.3, 0.4) is 0 Å². The standard InChI is InChI=1S/C17H19F3/c1-2-3-4-5-12-6-8-13(9-7-12)14-10-15(18)17(20)16(19)11-14/h2-5,10-13H,6-9H2,1H3/b3-2+,5-4+. The lowest BCUT2D eigenvalue weighted by Gasteiger charge is -2.27. The van der Waals surface area contributed by atoms with Gasteiger partial charge in [0.05, 0.1) is 0 Å². The van der Waals surface area contributed by atoms with E-state index in [4.69, 9.17) is 0 Å². The molecule has 3 heteroatoms. The molecule has 2 rings (SSSR count). The number of rotatable bonds is 3. The molecule has 0 aliphatic heterocycles. The van der Waals surface area contributed by atoms with Crippen LogP contribution in [0.5, 0.6) is 0 Å². The molecule has 0 radical (unpaired) electrons. The summed E-state index contributed by atoms with van der Waals surface area (Å²) in [5.74, 6) is -2.90. The highest BCUT2D eigenvalue weighted by Gasteiger charge is 2.23. The maximum Gasteiger partial charge on any atom is 0.194 e. The number of halogens is 3. The van der Waals surface area contributed by atoms with E-state index in [9.17, 15) is 13.2 Å². The van der Waals surface area contributed by atoms with Crippen LogP contribution in [-0.4, -0.2) is 0 Å². The SMILES string of the molecule is C/C=C/C=C/C1CCC(c2cc(F)c(F)c(F)c2)CC1. The van der Waals surface area contributed by atoms with E-state index in [2.05, 4.69) is 6.08 Å². The zero-order valence-electron chi connectivity index (χ0n) is 11.6. The third-order valence-corrected chi connectivity index (χ3v) is 3.94. The molecule has 1 aliphatic rings. The molecule has 0 bridgehead atoms. The minimum atomic E-state index is -1.38. The molecule has 1 aromatic rings. The van der Waals surface area contributed by atoms with Crippen molar-refractivity contribution in [2.24, 2.45) is 5.92 Å². The Kier molecular flexibility index (Phi) is 5.05. The van der Waals surface area contributed by atoms with Crippen molar-refractivity contribution < 1.29 is 13.2 Å². The molecule has 0 spiro atoms. The second kappa shape index (κ2) is 6.78. The smallest absolute Gasteiger partial charge is 0.194 e. The lowest BCUT2D eigenvalue weighted by atomic mass is 9.78. The molecule has 0 N–H and O–H groups in total. The van der Waals surface area contributed by atoms with Gasteiger partial charge in [0.25, 0.3) is 0 Å². The van der Waals surface area contributed by atoms with Crippen molar-refractivity contribution in [3.05, 3.63) is 59.5 Å². The van der Waals surface area contributed by atoms with Gasteiger partial charge in [0.1, 0.15) is 0 Å². The largest absolute Gasteiger partial charge is 0.204 e. The highest BCUT2D eigenvalue weighted by Crippen LogP contribution is 2.37. The maximum atomic E-state index is 13.2. The van der Waals surface area contributed by atoms with Crippen LogP contribution in [0.2, 0.25) is 0 Å². The molecular formula is C17H19F3. The predicted molar refractivity (Wildman–Crippen MR) is 75.0 cm³/mol. The average molecular weight is 280 g/mol. The van der Waals surface area contributed by atoms with Crippen LogP contribution in [0.25, 0.3) is 0 Å². The Hall–Kier alpha value is -1.51. The molecule has 1 aromatic carbocycles. The lowest BCUT2D eigenvalue weighted by Crippen LogP contribution is -2.12. The first-order valence-electron chi connectivity index (χ1n) is 7.05. The molecule has 0 aromatic heterocycles. The normalized spacial score (nSPS) is 23.8. The Morgan fingerprint density at radius 2 is 1.55 bits per heavy atom. The van der Waals surface area contributed by atoms with Crippen LogP contribution in [0.15, 0.2) is 36.4 Å².